The van der Waals surface area contributed by atoms with E-state index in [1.54, 1.807) is 0 Å². The van der Waals surface area contributed by atoms with Crippen molar-refractivity contribution in [1.82, 2.24) is 21.3 Å². The minimum absolute atomic E-state index is 0.150. The van der Waals surface area contributed by atoms with Crippen molar-refractivity contribution in [3.63, 3.8) is 0 Å². The zero-order chi connectivity index (χ0) is 41.3. The van der Waals surface area contributed by atoms with Crippen LogP contribution < -0.4 is 21.3 Å². The van der Waals surface area contributed by atoms with E-state index >= 15 is 0 Å². The van der Waals surface area contributed by atoms with Gasteiger partial charge >= 0.3 is 12.2 Å². The summed E-state index contributed by atoms with van der Waals surface area (Å²) in [6.07, 6.45) is 11.6. The van der Waals surface area contributed by atoms with Crippen LogP contribution in [0.4, 0.5) is 9.59 Å². The predicted molar refractivity (Wildman–Crippen MR) is 230 cm³/mol. The molecule has 0 saturated carbocycles. The van der Waals surface area contributed by atoms with Crippen LogP contribution in [0.15, 0.2) is 121 Å². The highest BCUT2D eigenvalue weighted by Crippen LogP contribution is 2.31. The number of nitrogens with one attached hydrogen (secondary N) is 4. The summed E-state index contributed by atoms with van der Waals surface area (Å²) in [6.45, 7) is 0.842. The molecular weight excluding hydrogens is 729 g/mol. The molecule has 6 N–H and O–H groups in total. The van der Waals surface area contributed by atoms with E-state index < -0.39 is 29.8 Å². The number of hydrogen-bond donors (Lipinski definition) is 6. The number of hydrogen-bond acceptors (Lipinski definition) is 6. The molecule has 0 saturated heterocycles. The van der Waals surface area contributed by atoms with Gasteiger partial charge in [-0.1, -0.05) is 179 Å². The van der Waals surface area contributed by atoms with Crippen molar-refractivity contribution in [1.29, 1.82) is 0 Å². The van der Waals surface area contributed by atoms with Gasteiger partial charge in [-0.25, -0.2) is 9.59 Å². The smallest absolute Gasteiger partial charge is 0.411 e. The predicted octanol–water partition coefficient (Wildman–Crippen LogP) is 8.74. The van der Waals surface area contributed by atoms with Gasteiger partial charge in [0.2, 0.25) is 5.91 Å². The third-order valence-electron chi connectivity index (χ3n) is 10.8. The molecule has 4 aromatic rings. The van der Waals surface area contributed by atoms with E-state index in [2.05, 4.69) is 28.1 Å². The van der Waals surface area contributed by atoms with E-state index in [0.717, 1.165) is 80.0 Å². The van der Waals surface area contributed by atoms with Crippen molar-refractivity contribution in [3.05, 3.63) is 144 Å². The molecule has 10 nitrogen and oxygen atoms in total. The van der Waals surface area contributed by atoms with E-state index in [4.69, 9.17) is 0 Å². The van der Waals surface area contributed by atoms with E-state index in [9.17, 15) is 29.4 Å². The molecule has 0 aromatic heterocycles. The van der Waals surface area contributed by atoms with Gasteiger partial charge in [0.1, 0.15) is 11.9 Å². The topological polar surface area (TPSA) is 157 Å². The van der Waals surface area contributed by atoms with Crippen LogP contribution in [-0.2, 0) is 35.3 Å². The van der Waals surface area contributed by atoms with Crippen LogP contribution in [0, 0.1) is 5.92 Å². The van der Waals surface area contributed by atoms with Gasteiger partial charge in [0, 0.05) is 6.42 Å². The van der Waals surface area contributed by atoms with Gasteiger partial charge in [-0.05, 0) is 66.8 Å². The maximum absolute atomic E-state index is 13.6. The van der Waals surface area contributed by atoms with Crippen LogP contribution in [-0.4, -0.2) is 58.9 Å². The number of carbonyl (C=O) groups excluding carboxylic acids is 2. The number of benzene rings is 4. The number of rotatable bonds is 28. The zero-order valence-corrected chi connectivity index (χ0v) is 33.7. The fourth-order valence-electron chi connectivity index (χ4n) is 7.84. The Kier molecular flexibility index (Phi) is 20.2. The molecule has 10 heteroatoms. The van der Waals surface area contributed by atoms with Crippen molar-refractivity contribution < 1.29 is 29.4 Å². The Balaban J connectivity index is 1.37. The first-order chi connectivity index (χ1) is 28.3. The number of imide groups is 1. The average molecular weight is 791 g/mol. The van der Waals surface area contributed by atoms with Gasteiger partial charge < -0.3 is 25.6 Å². The summed E-state index contributed by atoms with van der Waals surface area (Å²) >= 11 is 0. The SMILES string of the molecule is O=CC(Cc1ccccc1)NCCCCCCCCCCCC[C@@H](Cc1ccccc1)C(Cc1ccccc1)(NC(=O)O)N[C@@H](Cc1ccccc1)C(=O)NC(=O)O. The highest BCUT2D eigenvalue weighted by Gasteiger charge is 2.43. The third-order valence-corrected chi connectivity index (χ3v) is 10.8. The zero-order valence-electron chi connectivity index (χ0n) is 33.7. The second-order valence-corrected chi connectivity index (χ2v) is 15.3. The summed E-state index contributed by atoms with van der Waals surface area (Å²) in [7, 11) is 0. The van der Waals surface area contributed by atoms with E-state index in [-0.39, 0.29) is 24.8 Å². The second-order valence-electron chi connectivity index (χ2n) is 15.3. The molecule has 0 aliphatic rings. The number of amides is 3. The van der Waals surface area contributed by atoms with Crippen LogP contribution in [0.5, 0.6) is 0 Å². The molecule has 2 unspecified atom stereocenters. The summed E-state index contributed by atoms with van der Waals surface area (Å²) < 4.78 is 0. The molecule has 0 fully saturated rings. The van der Waals surface area contributed by atoms with Crippen LogP contribution in [0.2, 0.25) is 0 Å². The molecule has 0 bridgehead atoms. The number of unbranched alkanes of at least 4 members (excludes halogenated alkanes) is 9. The summed E-state index contributed by atoms with van der Waals surface area (Å²) in [5, 5.41) is 31.7. The summed E-state index contributed by atoms with van der Waals surface area (Å²) in [5.41, 5.74) is 2.56. The maximum atomic E-state index is 13.6. The fraction of sp³-hybridized carbons (Fsp3) is 0.417. The lowest BCUT2D eigenvalue weighted by Crippen LogP contribution is -2.69. The van der Waals surface area contributed by atoms with E-state index in [1.165, 1.54) is 19.3 Å². The Morgan fingerprint density at radius 3 is 1.48 bits per heavy atom. The van der Waals surface area contributed by atoms with Gasteiger partial charge in [-0.3, -0.25) is 15.4 Å². The Morgan fingerprint density at radius 2 is 1.00 bits per heavy atom. The molecule has 0 heterocycles. The number of carboxylic acid groups (broad SMARTS) is 2. The van der Waals surface area contributed by atoms with Gasteiger partial charge in [0.05, 0.1) is 12.1 Å². The van der Waals surface area contributed by atoms with Crippen LogP contribution in [0.3, 0.4) is 0 Å². The molecule has 0 aliphatic carbocycles. The lowest BCUT2D eigenvalue weighted by atomic mass is 9.78. The molecule has 3 amide bonds. The Bertz CT molecular complexity index is 1760. The molecule has 4 rings (SSSR count). The van der Waals surface area contributed by atoms with Crippen molar-refractivity contribution in [3.8, 4) is 0 Å². The lowest BCUT2D eigenvalue weighted by Gasteiger charge is -2.44. The van der Waals surface area contributed by atoms with Crippen LogP contribution in [0.25, 0.3) is 0 Å². The van der Waals surface area contributed by atoms with Crippen molar-refractivity contribution >= 4 is 24.4 Å². The van der Waals surface area contributed by atoms with Crippen molar-refractivity contribution in [2.45, 2.75) is 114 Å². The van der Waals surface area contributed by atoms with Crippen LogP contribution in [0.1, 0.15) is 92.9 Å². The monoisotopic (exact) mass is 790 g/mol. The summed E-state index contributed by atoms with van der Waals surface area (Å²) in [6, 6.07) is 37.7. The van der Waals surface area contributed by atoms with Gasteiger partial charge in [0.15, 0.2) is 0 Å². The summed E-state index contributed by atoms with van der Waals surface area (Å²) in [5.74, 6) is -1.04. The fourth-order valence-corrected chi connectivity index (χ4v) is 7.84. The highest BCUT2D eigenvalue weighted by molar-refractivity contribution is 5.94. The normalized spacial score (nSPS) is 13.7. The first-order valence-corrected chi connectivity index (χ1v) is 20.9. The average Bonchev–Trinajstić information content (AvgIpc) is 3.22. The van der Waals surface area contributed by atoms with Crippen molar-refractivity contribution in [2.24, 2.45) is 5.92 Å². The molecular formula is C48H62N4O6. The van der Waals surface area contributed by atoms with E-state index in [0.29, 0.717) is 19.3 Å². The summed E-state index contributed by atoms with van der Waals surface area (Å²) in [4.78, 5) is 49.6. The highest BCUT2D eigenvalue weighted by atomic mass is 16.4. The van der Waals surface area contributed by atoms with Crippen LogP contribution >= 0.6 is 0 Å². The standard InChI is InChI=1S/C48H62N4O6/c53-37-43(34-39-25-15-10-16-26-39)49-32-22-8-6-4-2-1-3-5-7-21-31-42(33-38-23-13-9-14-24-38)48(52-47(57)58,36-41-29-19-12-20-30-41)51-44(45(54)50-46(55)56)35-40-27-17-11-18-28-40/h9-20,23-30,37,42-44,49,51-52H,1-8,21-22,31-36H2,(H,50,54)(H,55,56)(H,57,58)/t42-,43?,44-,48?/m0/s1. The second kappa shape index (κ2) is 25.8. The van der Waals surface area contributed by atoms with Gasteiger partial charge in [0.25, 0.3) is 0 Å². The minimum atomic E-state index is -1.47. The maximum Gasteiger partial charge on any atom is 0.411 e. The Labute approximate surface area is 344 Å². The molecule has 4 atom stereocenters. The lowest BCUT2D eigenvalue weighted by molar-refractivity contribution is -0.123. The number of carbonyl (C=O) groups is 4. The van der Waals surface area contributed by atoms with Crippen molar-refractivity contribution in [2.75, 3.05) is 6.54 Å². The minimum Gasteiger partial charge on any atom is -0.465 e. The molecule has 0 radical (unpaired) electrons. The molecule has 0 spiro atoms. The molecule has 4 aromatic carbocycles. The van der Waals surface area contributed by atoms with E-state index in [1.807, 2.05) is 115 Å². The molecule has 58 heavy (non-hydrogen) atoms. The molecule has 310 valence electrons. The largest absolute Gasteiger partial charge is 0.465 e. The quantitative estimate of drug-likeness (QED) is 0.0190. The Hall–Kier alpha value is -5.32. The molecule has 0 aliphatic heterocycles. The van der Waals surface area contributed by atoms with Gasteiger partial charge in [-0.2, -0.15) is 0 Å². The Morgan fingerprint density at radius 1 is 0.552 bits per heavy atom. The van der Waals surface area contributed by atoms with Gasteiger partial charge in [-0.15, -0.1) is 0 Å². The number of aldehydes is 1. The third kappa shape index (κ3) is 17.0. The first-order valence-electron chi connectivity index (χ1n) is 20.9. The first kappa shape index (κ1) is 45.4.